The highest BCUT2D eigenvalue weighted by Gasteiger charge is 2.53. The van der Waals surface area contributed by atoms with E-state index in [1.165, 1.54) is 61.6 Å². The summed E-state index contributed by atoms with van der Waals surface area (Å²) < 4.78 is 72.7. The summed E-state index contributed by atoms with van der Waals surface area (Å²) >= 11 is 6.06. The SMILES string of the molecule is COc1cc(C(F)(F)[C@@H](NS(=O)(=O)c2ccc(OCC3CCCCC3)cc2)C(=O)N2C3CCC2CC(N)C3)ccc1Cl. The summed E-state index contributed by atoms with van der Waals surface area (Å²) in [6, 6.07) is 5.73. The van der Waals surface area contributed by atoms with E-state index in [1.807, 2.05) is 0 Å². The van der Waals surface area contributed by atoms with Crippen LogP contribution in [0.5, 0.6) is 11.5 Å². The fourth-order valence-corrected chi connectivity index (χ4v) is 7.93. The van der Waals surface area contributed by atoms with Crippen LogP contribution >= 0.6 is 11.6 Å². The van der Waals surface area contributed by atoms with E-state index in [2.05, 4.69) is 4.72 Å². The van der Waals surface area contributed by atoms with E-state index >= 15 is 8.78 Å². The summed E-state index contributed by atoms with van der Waals surface area (Å²) in [4.78, 5) is 15.1. The van der Waals surface area contributed by atoms with Crippen LogP contribution in [0.15, 0.2) is 47.4 Å². The van der Waals surface area contributed by atoms with Crippen LogP contribution in [0.3, 0.4) is 0 Å². The van der Waals surface area contributed by atoms with Crippen LogP contribution in [0.25, 0.3) is 0 Å². The molecule has 0 aromatic heterocycles. The molecule has 3 N–H and O–H groups in total. The van der Waals surface area contributed by atoms with Gasteiger partial charge in [0.15, 0.2) is 6.04 Å². The predicted octanol–water partition coefficient (Wildman–Crippen LogP) is 5.23. The fraction of sp³-hybridized carbons (Fsp3) is 0.567. The van der Waals surface area contributed by atoms with Gasteiger partial charge in [-0.3, -0.25) is 4.79 Å². The van der Waals surface area contributed by atoms with E-state index in [9.17, 15) is 13.2 Å². The van der Waals surface area contributed by atoms with Crippen molar-refractivity contribution in [2.75, 3.05) is 13.7 Å². The number of hydrogen-bond acceptors (Lipinski definition) is 6. The Balaban J connectivity index is 1.41. The van der Waals surface area contributed by atoms with Crippen LogP contribution in [0.1, 0.15) is 63.4 Å². The third kappa shape index (κ3) is 6.54. The number of piperidine rings is 1. The number of alkyl halides is 2. The molecule has 230 valence electrons. The first-order chi connectivity index (χ1) is 20.0. The first-order valence-electron chi connectivity index (χ1n) is 14.5. The molecule has 2 aliphatic heterocycles. The summed E-state index contributed by atoms with van der Waals surface area (Å²) in [5, 5.41) is 0.106. The second kappa shape index (κ2) is 12.6. The fourth-order valence-electron chi connectivity index (χ4n) is 6.55. The van der Waals surface area contributed by atoms with Crippen molar-refractivity contribution < 1.29 is 31.5 Å². The minimum absolute atomic E-state index is 0.0178. The van der Waals surface area contributed by atoms with Crippen LogP contribution < -0.4 is 19.9 Å². The minimum atomic E-state index is -4.55. The Bertz CT molecular complexity index is 1360. The van der Waals surface area contributed by atoms with Gasteiger partial charge in [-0.25, -0.2) is 8.42 Å². The number of hydrogen-bond donors (Lipinski definition) is 2. The topological polar surface area (TPSA) is 111 Å². The maximum atomic E-state index is 16.3. The largest absolute Gasteiger partial charge is 0.495 e. The van der Waals surface area contributed by atoms with Gasteiger partial charge in [-0.15, -0.1) is 0 Å². The van der Waals surface area contributed by atoms with Gasteiger partial charge < -0.3 is 20.1 Å². The lowest BCUT2D eigenvalue weighted by atomic mass is 9.90. The first-order valence-corrected chi connectivity index (χ1v) is 16.4. The molecule has 12 heteroatoms. The Labute approximate surface area is 250 Å². The zero-order valence-electron chi connectivity index (χ0n) is 23.6. The van der Waals surface area contributed by atoms with E-state index in [1.54, 1.807) is 0 Å². The Morgan fingerprint density at radius 3 is 2.33 bits per heavy atom. The van der Waals surface area contributed by atoms with Gasteiger partial charge in [-0.2, -0.15) is 13.5 Å². The number of amides is 1. The van der Waals surface area contributed by atoms with Gasteiger partial charge in [0.2, 0.25) is 15.9 Å². The third-order valence-electron chi connectivity index (χ3n) is 8.79. The summed E-state index contributed by atoms with van der Waals surface area (Å²) in [7, 11) is -3.27. The lowest BCUT2D eigenvalue weighted by Crippen LogP contribution is -2.60. The number of nitrogens with zero attached hydrogens (tertiary/aromatic N) is 1. The maximum absolute atomic E-state index is 16.3. The summed E-state index contributed by atoms with van der Waals surface area (Å²) in [6.45, 7) is 0.541. The Kier molecular flexibility index (Phi) is 9.32. The van der Waals surface area contributed by atoms with Gasteiger partial charge in [0, 0.05) is 23.7 Å². The van der Waals surface area contributed by atoms with Gasteiger partial charge in [0.25, 0.3) is 5.92 Å². The maximum Gasteiger partial charge on any atom is 0.298 e. The minimum Gasteiger partial charge on any atom is -0.495 e. The number of halogens is 3. The highest BCUT2D eigenvalue weighted by Crippen LogP contribution is 2.41. The highest BCUT2D eigenvalue weighted by molar-refractivity contribution is 7.89. The number of nitrogens with two attached hydrogens (primary N) is 1. The highest BCUT2D eigenvalue weighted by atomic mass is 35.5. The van der Waals surface area contributed by atoms with Gasteiger partial charge in [0.05, 0.1) is 23.6 Å². The van der Waals surface area contributed by atoms with Crippen molar-refractivity contribution >= 4 is 27.5 Å². The van der Waals surface area contributed by atoms with Gasteiger partial charge in [-0.1, -0.05) is 36.9 Å². The van der Waals surface area contributed by atoms with E-state index in [0.717, 1.165) is 25.0 Å². The lowest BCUT2D eigenvalue weighted by Gasteiger charge is -2.41. The van der Waals surface area contributed by atoms with Crippen molar-refractivity contribution in [2.24, 2.45) is 11.7 Å². The molecule has 0 spiro atoms. The number of rotatable bonds is 10. The molecule has 1 saturated carbocycles. The number of fused-ring (bicyclic) bond motifs is 2. The molecule has 3 atom stereocenters. The van der Waals surface area contributed by atoms with Crippen LogP contribution in [-0.2, 0) is 20.7 Å². The van der Waals surface area contributed by atoms with Crippen molar-refractivity contribution in [1.82, 2.24) is 9.62 Å². The van der Waals surface area contributed by atoms with Gasteiger partial charge in [0.1, 0.15) is 11.5 Å². The van der Waals surface area contributed by atoms with E-state index in [-0.39, 0.29) is 33.8 Å². The van der Waals surface area contributed by atoms with Crippen molar-refractivity contribution in [3.8, 4) is 11.5 Å². The number of sulfonamides is 1. The first kappa shape index (κ1) is 31.0. The Morgan fingerprint density at radius 2 is 1.71 bits per heavy atom. The summed E-state index contributed by atoms with van der Waals surface area (Å²) in [5.74, 6) is -3.99. The quantitative estimate of drug-likeness (QED) is 0.374. The summed E-state index contributed by atoms with van der Waals surface area (Å²) in [6.07, 6.45) is 8.00. The molecule has 2 aromatic carbocycles. The average molecular weight is 626 g/mol. The monoisotopic (exact) mass is 625 g/mol. The van der Waals surface area contributed by atoms with E-state index in [0.29, 0.717) is 44.0 Å². The van der Waals surface area contributed by atoms with Crippen molar-refractivity contribution in [3.63, 3.8) is 0 Å². The molecule has 0 radical (unpaired) electrons. The van der Waals surface area contributed by atoms with Crippen LogP contribution in [0.2, 0.25) is 5.02 Å². The third-order valence-corrected chi connectivity index (χ3v) is 10.5. The Hall–Kier alpha value is -2.47. The molecule has 5 rings (SSSR count). The van der Waals surface area contributed by atoms with E-state index in [4.69, 9.17) is 26.8 Å². The standard InChI is InChI=1S/C30H38ClF2N3O5S/c1-40-27-15-20(7-14-26(27)31)30(32,33)28(29(37)36-22-8-9-23(36)17-21(34)16-22)35-42(38,39)25-12-10-24(11-13-25)41-18-19-5-3-2-4-6-19/h7,10-15,19,21-23,28,35H,2-6,8-9,16-18,34H2,1H3/t21?,22?,23?,28-/m0/s1. The second-order valence-corrected chi connectivity index (χ2v) is 13.8. The smallest absolute Gasteiger partial charge is 0.298 e. The predicted molar refractivity (Wildman–Crippen MR) is 155 cm³/mol. The molecule has 3 aliphatic rings. The number of ether oxygens (including phenoxy) is 2. The molecular formula is C30H38ClF2N3O5S. The number of nitrogens with one attached hydrogen (secondary N) is 1. The van der Waals surface area contributed by atoms with Gasteiger partial charge >= 0.3 is 0 Å². The number of methoxy groups -OCH3 is 1. The van der Waals surface area contributed by atoms with Crippen molar-refractivity contribution in [1.29, 1.82) is 0 Å². The number of carbonyl (C=O) groups is 1. The molecular weight excluding hydrogens is 588 g/mol. The zero-order chi connectivity index (χ0) is 30.1. The number of carbonyl (C=O) groups excluding carboxylic acids is 1. The average Bonchev–Trinajstić information content (AvgIpc) is 3.25. The molecule has 8 nitrogen and oxygen atoms in total. The zero-order valence-corrected chi connectivity index (χ0v) is 25.2. The molecule has 2 bridgehead atoms. The van der Waals surface area contributed by atoms with Crippen LogP contribution in [0.4, 0.5) is 8.78 Å². The van der Waals surface area contributed by atoms with Gasteiger partial charge in [-0.05, 0) is 80.8 Å². The summed E-state index contributed by atoms with van der Waals surface area (Å²) in [5.41, 5.74) is 5.54. The molecule has 1 aliphatic carbocycles. The van der Waals surface area contributed by atoms with Crippen molar-refractivity contribution in [3.05, 3.63) is 53.1 Å². The van der Waals surface area contributed by atoms with Crippen LogP contribution in [0, 0.1) is 5.92 Å². The molecule has 1 amide bonds. The Morgan fingerprint density at radius 1 is 1.07 bits per heavy atom. The van der Waals surface area contributed by atoms with Crippen LogP contribution in [-0.4, -0.2) is 57.1 Å². The molecule has 2 heterocycles. The lowest BCUT2D eigenvalue weighted by molar-refractivity contribution is -0.149. The molecule has 42 heavy (non-hydrogen) atoms. The second-order valence-electron chi connectivity index (χ2n) is 11.7. The van der Waals surface area contributed by atoms with Crippen molar-refractivity contribution in [2.45, 2.75) is 92.8 Å². The normalized spacial score (nSPS) is 23.9. The molecule has 3 fully saturated rings. The molecule has 2 saturated heterocycles. The molecule has 2 unspecified atom stereocenters. The number of benzene rings is 2. The van der Waals surface area contributed by atoms with E-state index < -0.39 is 33.5 Å². The molecule has 2 aromatic rings.